The molecule has 6 heteroatoms. The molecule has 0 fully saturated rings. The standard InChI is InChI=1S/C10H5F5O/c11-8(12)5-6-2-1-3-7(4-6)9(16)10(13,14)15/h1-5H. The van der Waals surface area contributed by atoms with E-state index in [-0.39, 0.29) is 5.56 Å². The fourth-order valence-corrected chi connectivity index (χ4v) is 1.06. The molecule has 0 spiro atoms. The molecule has 0 aliphatic rings. The molecule has 0 saturated heterocycles. The van der Waals surface area contributed by atoms with Gasteiger partial charge in [-0.05, 0) is 11.6 Å². The van der Waals surface area contributed by atoms with Gasteiger partial charge >= 0.3 is 6.18 Å². The molecule has 1 nitrogen and oxygen atoms in total. The molecule has 16 heavy (non-hydrogen) atoms. The molecule has 0 aliphatic heterocycles. The number of hydrogen-bond donors (Lipinski definition) is 0. The minimum atomic E-state index is -5.00. The Morgan fingerprint density at radius 1 is 1.19 bits per heavy atom. The largest absolute Gasteiger partial charge is 0.454 e. The van der Waals surface area contributed by atoms with Crippen LogP contribution in [0.2, 0.25) is 0 Å². The highest BCUT2D eigenvalue weighted by atomic mass is 19.4. The second-order valence-electron chi connectivity index (χ2n) is 2.89. The summed E-state index contributed by atoms with van der Waals surface area (Å²) in [6, 6.07) is 3.96. The van der Waals surface area contributed by atoms with Crippen LogP contribution >= 0.6 is 0 Å². The van der Waals surface area contributed by atoms with Crippen molar-refractivity contribution in [2.75, 3.05) is 0 Å². The minimum absolute atomic E-state index is 0.157. The molecule has 0 aromatic heterocycles. The van der Waals surface area contributed by atoms with E-state index in [0.29, 0.717) is 6.08 Å². The van der Waals surface area contributed by atoms with Gasteiger partial charge in [-0.1, -0.05) is 18.2 Å². The van der Waals surface area contributed by atoms with Gasteiger partial charge in [-0.25, -0.2) is 0 Å². The van der Waals surface area contributed by atoms with E-state index in [1.54, 1.807) is 0 Å². The van der Waals surface area contributed by atoms with Gasteiger partial charge < -0.3 is 0 Å². The summed E-state index contributed by atoms with van der Waals surface area (Å²) in [5, 5.41) is 0. The summed E-state index contributed by atoms with van der Waals surface area (Å²) in [6.45, 7) is 0. The molecule has 0 aliphatic carbocycles. The van der Waals surface area contributed by atoms with Crippen molar-refractivity contribution in [3.8, 4) is 0 Å². The molecular weight excluding hydrogens is 231 g/mol. The molecular formula is C10H5F5O. The first kappa shape index (κ1) is 12.4. The molecule has 86 valence electrons. The fourth-order valence-electron chi connectivity index (χ4n) is 1.06. The normalized spacial score (nSPS) is 11.1. The Balaban J connectivity index is 3.09. The molecule has 0 radical (unpaired) electrons. The van der Waals surface area contributed by atoms with Crippen LogP contribution in [0.4, 0.5) is 22.0 Å². The fraction of sp³-hybridized carbons (Fsp3) is 0.100. The van der Waals surface area contributed by atoms with E-state index in [2.05, 4.69) is 0 Å². The number of Topliss-reactive ketones (excluding diaryl/α,β-unsaturated/α-hetero) is 1. The molecule has 1 aromatic rings. The van der Waals surface area contributed by atoms with Crippen molar-refractivity contribution in [1.29, 1.82) is 0 Å². The van der Waals surface area contributed by atoms with Crippen LogP contribution in [0.3, 0.4) is 0 Å². The second-order valence-corrected chi connectivity index (χ2v) is 2.89. The van der Waals surface area contributed by atoms with Gasteiger partial charge in [0.2, 0.25) is 0 Å². The smallest absolute Gasteiger partial charge is 0.284 e. The van der Waals surface area contributed by atoms with Crippen molar-refractivity contribution < 1.29 is 26.7 Å². The van der Waals surface area contributed by atoms with Crippen molar-refractivity contribution in [2.24, 2.45) is 0 Å². The summed E-state index contributed by atoms with van der Waals surface area (Å²) < 4.78 is 59.7. The topological polar surface area (TPSA) is 17.1 Å². The van der Waals surface area contributed by atoms with Crippen molar-refractivity contribution in [1.82, 2.24) is 0 Å². The lowest BCUT2D eigenvalue weighted by molar-refractivity contribution is -0.0885. The number of halogens is 5. The van der Waals surface area contributed by atoms with E-state index in [0.717, 1.165) is 18.2 Å². The van der Waals surface area contributed by atoms with E-state index >= 15 is 0 Å². The van der Waals surface area contributed by atoms with E-state index in [1.165, 1.54) is 6.07 Å². The maximum absolute atomic E-state index is 12.0. The van der Waals surface area contributed by atoms with E-state index in [4.69, 9.17) is 0 Å². The van der Waals surface area contributed by atoms with Gasteiger partial charge in [0.1, 0.15) is 0 Å². The van der Waals surface area contributed by atoms with Gasteiger partial charge in [-0.3, -0.25) is 4.79 Å². The van der Waals surface area contributed by atoms with E-state index in [9.17, 15) is 26.7 Å². The Kier molecular flexibility index (Phi) is 3.41. The average molecular weight is 236 g/mol. The quantitative estimate of drug-likeness (QED) is 0.565. The maximum atomic E-state index is 12.0. The number of benzene rings is 1. The first-order valence-corrected chi connectivity index (χ1v) is 4.05. The number of carbonyl (C=O) groups excluding carboxylic acids is 1. The predicted octanol–water partition coefficient (Wildman–Crippen LogP) is 3.67. The van der Waals surface area contributed by atoms with Crippen LogP contribution in [0.1, 0.15) is 15.9 Å². The lowest BCUT2D eigenvalue weighted by atomic mass is 10.1. The molecule has 1 aromatic carbocycles. The first-order chi connectivity index (χ1) is 7.30. The summed E-state index contributed by atoms with van der Waals surface area (Å²) >= 11 is 0. The Hall–Kier alpha value is -1.72. The van der Waals surface area contributed by atoms with Crippen LogP contribution in [0, 0.1) is 0 Å². The maximum Gasteiger partial charge on any atom is 0.454 e. The molecule has 0 bridgehead atoms. The molecule has 1 rings (SSSR count). The third-order valence-electron chi connectivity index (χ3n) is 1.68. The minimum Gasteiger partial charge on any atom is -0.284 e. The van der Waals surface area contributed by atoms with Crippen LogP contribution in [0.5, 0.6) is 0 Å². The summed E-state index contributed by atoms with van der Waals surface area (Å²) in [5.41, 5.74) is -0.822. The molecule has 0 atom stereocenters. The summed E-state index contributed by atoms with van der Waals surface area (Å²) in [5.74, 6) is -2.05. The van der Waals surface area contributed by atoms with Crippen LogP contribution in [-0.4, -0.2) is 12.0 Å². The molecule has 0 amide bonds. The molecule has 0 saturated carbocycles. The molecule has 0 heterocycles. The Morgan fingerprint density at radius 2 is 1.81 bits per heavy atom. The number of ketones is 1. The number of hydrogen-bond acceptors (Lipinski definition) is 1. The molecule has 0 N–H and O–H groups in total. The third-order valence-corrected chi connectivity index (χ3v) is 1.68. The van der Waals surface area contributed by atoms with Crippen molar-refractivity contribution in [2.45, 2.75) is 6.18 Å². The lowest BCUT2D eigenvalue weighted by Crippen LogP contribution is -2.22. The van der Waals surface area contributed by atoms with Gasteiger partial charge in [0.15, 0.2) is 0 Å². The van der Waals surface area contributed by atoms with Gasteiger partial charge in [0.05, 0.1) is 0 Å². The number of carbonyl (C=O) groups is 1. The SMILES string of the molecule is O=C(c1cccc(C=C(F)F)c1)C(F)(F)F. The first-order valence-electron chi connectivity index (χ1n) is 4.05. The van der Waals surface area contributed by atoms with Crippen molar-refractivity contribution in [3.05, 3.63) is 41.5 Å². The van der Waals surface area contributed by atoms with Crippen LogP contribution in [-0.2, 0) is 0 Å². The average Bonchev–Trinajstić information content (AvgIpc) is 2.14. The zero-order chi connectivity index (χ0) is 12.3. The number of rotatable bonds is 2. The van der Waals surface area contributed by atoms with Crippen LogP contribution in [0.25, 0.3) is 6.08 Å². The third kappa shape index (κ3) is 3.15. The predicted molar refractivity (Wildman–Crippen MR) is 47.0 cm³/mol. The zero-order valence-electron chi connectivity index (χ0n) is 7.68. The molecule has 0 unspecified atom stereocenters. The summed E-state index contributed by atoms with van der Waals surface area (Å²) in [7, 11) is 0. The van der Waals surface area contributed by atoms with E-state index < -0.39 is 23.6 Å². The van der Waals surface area contributed by atoms with Crippen molar-refractivity contribution in [3.63, 3.8) is 0 Å². The highest BCUT2D eigenvalue weighted by Crippen LogP contribution is 2.22. The highest BCUT2D eigenvalue weighted by molar-refractivity contribution is 6.00. The van der Waals surface area contributed by atoms with Gasteiger partial charge in [0.25, 0.3) is 11.9 Å². The van der Waals surface area contributed by atoms with Gasteiger partial charge in [0, 0.05) is 11.6 Å². The van der Waals surface area contributed by atoms with Gasteiger partial charge in [-0.15, -0.1) is 0 Å². The Labute approximate surface area is 87.2 Å². The Bertz CT molecular complexity index is 429. The summed E-state index contributed by atoms with van der Waals surface area (Å²) in [4.78, 5) is 10.8. The van der Waals surface area contributed by atoms with Gasteiger partial charge in [-0.2, -0.15) is 22.0 Å². The van der Waals surface area contributed by atoms with Crippen LogP contribution < -0.4 is 0 Å². The Morgan fingerprint density at radius 3 is 2.31 bits per heavy atom. The number of alkyl halides is 3. The summed E-state index contributed by atoms with van der Waals surface area (Å²) in [6.07, 6.45) is -6.67. The van der Waals surface area contributed by atoms with E-state index in [1.807, 2.05) is 0 Å². The van der Waals surface area contributed by atoms with Crippen LogP contribution in [0.15, 0.2) is 30.3 Å². The second kappa shape index (κ2) is 4.42. The zero-order valence-corrected chi connectivity index (χ0v) is 7.68. The highest BCUT2D eigenvalue weighted by Gasteiger charge is 2.39. The van der Waals surface area contributed by atoms with Crippen molar-refractivity contribution >= 4 is 11.9 Å². The lowest BCUT2D eigenvalue weighted by Gasteiger charge is -2.05. The monoisotopic (exact) mass is 236 g/mol.